The van der Waals surface area contributed by atoms with Gasteiger partial charge in [0.2, 0.25) is 0 Å². The number of rotatable bonds is 5. The number of hydrogen-bond acceptors (Lipinski definition) is 6. The van der Waals surface area contributed by atoms with E-state index in [1.54, 1.807) is 18.2 Å². The Morgan fingerprint density at radius 1 is 0.871 bits per heavy atom. The molecule has 2 unspecified atom stereocenters. The van der Waals surface area contributed by atoms with Crippen molar-refractivity contribution in [2.75, 3.05) is 52.5 Å². The number of hydrogen-bond donors (Lipinski definition) is 0. The van der Waals surface area contributed by atoms with Crippen LogP contribution in [0.5, 0.6) is 0 Å². The minimum Gasteiger partial charge on any atom is -0.377 e. The van der Waals surface area contributed by atoms with Crippen LogP contribution >= 0.6 is 0 Å². The summed E-state index contributed by atoms with van der Waals surface area (Å²) in [5.74, 6) is -0.707. The lowest BCUT2D eigenvalue weighted by Crippen LogP contribution is -2.50. The Hall–Kier alpha value is -2.29. The molecule has 166 valence electrons. The summed E-state index contributed by atoms with van der Waals surface area (Å²) >= 11 is 0. The lowest BCUT2D eigenvalue weighted by atomic mass is 10.0. The predicted molar refractivity (Wildman–Crippen MR) is 112 cm³/mol. The quantitative estimate of drug-likeness (QED) is 0.661. The van der Waals surface area contributed by atoms with Gasteiger partial charge in [-0.1, -0.05) is 0 Å². The predicted octanol–water partition coefficient (Wildman–Crippen LogP) is 1.40. The molecule has 0 radical (unpaired) electrons. The molecule has 0 aromatic heterocycles. The lowest BCUT2D eigenvalue weighted by molar-refractivity contribution is 0.0432. The van der Waals surface area contributed by atoms with Crippen LogP contribution in [0, 0.1) is 0 Å². The van der Waals surface area contributed by atoms with Gasteiger partial charge in [-0.25, -0.2) is 0 Å². The minimum atomic E-state index is -0.327. The second-order valence-corrected chi connectivity index (χ2v) is 8.84. The number of benzene rings is 1. The highest BCUT2D eigenvalue weighted by Gasteiger charge is 2.38. The van der Waals surface area contributed by atoms with E-state index in [0.717, 1.165) is 51.9 Å². The number of carbonyl (C=O) groups excluding carboxylic acids is 3. The lowest BCUT2D eigenvalue weighted by Gasteiger charge is -2.35. The highest BCUT2D eigenvalue weighted by Crippen LogP contribution is 2.27. The van der Waals surface area contributed by atoms with Crippen molar-refractivity contribution in [3.05, 3.63) is 34.9 Å². The number of piperazine rings is 1. The molecule has 4 heterocycles. The van der Waals surface area contributed by atoms with Crippen molar-refractivity contribution < 1.29 is 23.9 Å². The molecule has 8 nitrogen and oxygen atoms in total. The van der Waals surface area contributed by atoms with Crippen LogP contribution in [0.2, 0.25) is 0 Å². The molecule has 31 heavy (non-hydrogen) atoms. The topological polar surface area (TPSA) is 79.4 Å². The molecule has 8 heteroatoms. The van der Waals surface area contributed by atoms with Crippen molar-refractivity contribution in [2.45, 2.75) is 37.9 Å². The van der Waals surface area contributed by atoms with Crippen molar-refractivity contribution in [1.82, 2.24) is 14.7 Å². The number of ether oxygens (including phenoxy) is 2. The fraction of sp³-hybridized carbons (Fsp3) is 0.609. The molecule has 4 aliphatic rings. The third-order valence-electron chi connectivity index (χ3n) is 6.77. The molecule has 4 aliphatic heterocycles. The Morgan fingerprint density at radius 2 is 1.52 bits per heavy atom. The van der Waals surface area contributed by atoms with E-state index in [4.69, 9.17) is 9.47 Å². The summed E-state index contributed by atoms with van der Waals surface area (Å²) in [6.07, 6.45) is 4.29. The Kier molecular flexibility index (Phi) is 5.77. The molecule has 5 rings (SSSR count). The molecule has 0 aliphatic carbocycles. The molecule has 0 bridgehead atoms. The Balaban J connectivity index is 1.22. The molecule has 3 fully saturated rings. The first-order valence-electron chi connectivity index (χ1n) is 11.4. The van der Waals surface area contributed by atoms with Gasteiger partial charge in [-0.2, -0.15) is 0 Å². The van der Waals surface area contributed by atoms with Crippen LogP contribution < -0.4 is 0 Å². The van der Waals surface area contributed by atoms with Crippen molar-refractivity contribution in [2.24, 2.45) is 0 Å². The Bertz CT molecular complexity index is 868. The van der Waals surface area contributed by atoms with E-state index < -0.39 is 0 Å². The van der Waals surface area contributed by atoms with Crippen LogP contribution in [0.4, 0.5) is 0 Å². The molecule has 0 spiro atoms. The first-order chi connectivity index (χ1) is 15.1. The molecule has 3 amide bonds. The third-order valence-corrected chi connectivity index (χ3v) is 6.77. The highest BCUT2D eigenvalue weighted by atomic mass is 16.5. The van der Waals surface area contributed by atoms with Gasteiger partial charge in [-0.15, -0.1) is 0 Å². The van der Waals surface area contributed by atoms with Crippen LogP contribution in [0.25, 0.3) is 0 Å². The Labute approximate surface area is 182 Å². The van der Waals surface area contributed by atoms with Crippen molar-refractivity contribution in [1.29, 1.82) is 0 Å². The average molecular weight is 428 g/mol. The molecule has 0 saturated carbocycles. The molecule has 1 aromatic carbocycles. The number of nitrogens with zero attached hydrogens (tertiary/aromatic N) is 3. The van der Waals surface area contributed by atoms with Crippen LogP contribution in [0.1, 0.15) is 56.8 Å². The minimum absolute atomic E-state index is 0.0857. The zero-order chi connectivity index (χ0) is 21.4. The van der Waals surface area contributed by atoms with Gasteiger partial charge < -0.3 is 14.4 Å². The zero-order valence-electron chi connectivity index (χ0n) is 17.8. The number of amides is 3. The highest BCUT2D eigenvalue weighted by molar-refractivity contribution is 6.22. The van der Waals surface area contributed by atoms with Crippen molar-refractivity contribution in [3.8, 4) is 0 Å². The normalized spacial score (nSPS) is 26.7. The van der Waals surface area contributed by atoms with Gasteiger partial charge in [0.15, 0.2) is 0 Å². The summed E-state index contributed by atoms with van der Waals surface area (Å²) in [5.41, 5.74) is 1.17. The van der Waals surface area contributed by atoms with E-state index in [1.807, 2.05) is 4.90 Å². The standard InChI is InChI=1S/C23H29N3O5/c27-21(25-9-7-24(8-10-25)14-17-3-1-11-30-17)16-5-6-19-20(13-16)23(29)26(22(19)28)15-18-4-2-12-31-18/h5-6,13,17-18H,1-4,7-12,14-15H2. The summed E-state index contributed by atoms with van der Waals surface area (Å²) in [6.45, 7) is 5.69. The summed E-state index contributed by atoms with van der Waals surface area (Å²) in [5, 5.41) is 0. The van der Waals surface area contributed by atoms with Gasteiger partial charge in [0, 0.05) is 51.5 Å². The van der Waals surface area contributed by atoms with Gasteiger partial charge in [-0.05, 0) is 43.9 Å². The third kappa shape index (κ3) is 4.12. The monoisotopic (exact) mass is 427 g/mol. The van der Waals surface area contributed by atoms with Crippen LogP contribution in [-0.4, -0.2) is 97.1 Å². The van der Waals surface area contributed by atoms with Gasteiger partial charge in [-0.3, -0.25) is 24.2 Å². The van der Waals surface area contributed by atoms with Crippen LogP contribution in [0.15, 0.2) is 18.2 Å². The van der Waals surface area contributed by atoms with Crippen LogP contribution in [-0.2, 0) is 9.47 Å². The number of imide groups is 1. The Morgan fingerprint density at radius 3 is 2.16 bits per heavy atom. The molecule has 3 saturated heterocycles. The van der Waals surface area contributed by atoms with E-state index >= 15 is 0 Å². The fourth-order valence-electron chi connectivity index (χ4n) is 4.97. The number of fused-ring (bicyclic) bond motifs is 1. The zero-order valence-corrected chi connectivity index (χ0v) is 17.8. The van der Waals surface area contributed by atoms with E-state index in [9.17, 15) is 14.4 Å². The summed E-state index contributed by atoms with van der Waals surface area (Å²) < 4.78 is 11.3. The summed E-state index contributed by atoms with van der Waals surface area (Å²) in [7, 11) is 0. The molecular formula is C23H29N3O5. The second kappa shape index (κ2) is 8.68. The summed E-state index contributed by atoms with van der Waals surface area (Å²) in [6, 6.07) is 4.87. The second-order valence-electron chi connectivity index (χ2n) is 8.84. The van der Waals surface area contributed by atoms with Gasteiger partial charge in [0.1, 0.15) is 0 Å². The van der Waals surface area contributed by atoms with Gasteiger partial charge in [0.05, 0.1) is 29.9 Å². The maximum absolute atomic E-state index is 13.1. The van der Waals surface area contributed by atoms with Gasteiger partial charge >= 0.3 is 0 Å². The first-order valence-corrected chi connectivity index (χ1v) is 11.4. The van der Waals surface area contributed by atoms with E-state index in [-0.39, 0.29) is 30.4 Å². The smallest absolute Gasteiger partial charge is 0.261 e. The van der Waals surface area contributed by atoms with Crippen molar-refractivity contribution in [3.63, 3.8) is 0 Å². The maximum atomic E-state index is 13.1. The summed E-state index contributed by atoms with van der Waals surface area (Å²) in [4.78, 5) is 44.1. The largest absolute Gasteiger partial charge is 0.377 e. The molecular weight excluding hydrogens is 398 g/mol. The van der Waals surface area contributed by atoms with E-state index in [0.29, 0.717) is 42.5 Å². The molecule has 0 N–H and O–H groups in total. The number of carbonyl (C=O) groups is 3. The van der Waals surface area contributed by atoms with Crippen LogP contribution in [0.3, 0.4) is 0 Å². The van der Waals surface area contributed by atoms with Crippen molar-refractivity contribution >= 4 is 17.7 Å². The average Bonchev–Trinajstić information content (AvgIpc) is 3.54. The fourth-order valence-corrected chi connectivity index (χ4v) is 4.97. The van der Waals surface area contributed by atoms with Gasteiger partial charge in [0.25, 0.3) is 17.7 Å². The SMILES string of the molecule is O=C(c1ccc2c(c1)C(=O)N(CC1CCCO1)C2=O)N1CCN(CC2CCCO2)CC1. The van der Waals surface area contributed by atoms with E-state index in [2.05, 4.69) is 4.90 Å². The molecule has 2 atom stereocenters. The first kappa shape index (κ1) is 20.6. The maximum Gasteiger partial charge on any atom is 0.261 e. The van der Waals surface area contributed by atoms with E-state index in [1.165, 1.54) is 4.90 Å². The molecule has 1 aromatic rings.